The second-order valence-electron chi connectivity index (χ2n) is 6.95. The van der Waals surface area contributed by atoms with Crippen molar-refractivity contribution in [1.29, 1.82) is 0 Å². The van der Waals surface area contributed by atoms with E-state index in [1.165, 1.54) is 0 Å². The molecule has 5 heteroatoms. The number of rotatable bonds is 8. The van der Waals surface area contributed by atoms with Gasteiger partial charge in [0.15, 0.2) is 0 Å². The summed E-state index contributed by atoms with van der Waals surface area (Å²) >= 11 is 0. The van der Waals surface area contributed by atoms with E-state index >= 15 is 0 Å². The van der Waals surface area contributed by atoms with Crippen LogP contribution in [-0.2, 0) is 9.57 Å². The highest BCUT2D eigenvalue weighted by atomic mass is 16.8. The van der Waals surface area contributed by atoms with E-state index in [1.807, 2.05) is 27.8 Å². The average molecular weight is 323 g/mol. The van der Waals surface area contributed by atoms with Crippen LogP contribution in [0.5, 0.6) is 5.75 Å². The number of hydrogen-bond acceptors (Lipinski definition) is 5. The lowest BCUT2D eigenvalue weighted by molar-refractivity contribution is -0.187. The number of carbonyl (C=O) groups excluding carboxylic acids is 1. The molecule has 0 aliphatic rings. The normalized spacial score (nSPS) is 11.8. The van der Waals surface area contributed by atoms with Gasteiger partial charge in [-0.3, -0.25) is 4.84 Å². The molecule has 23 heavy (non-hydrogen) atoms. The molecule has 0 amide bonds. The van der Waals surface area contributed by atoms with Gasteiger partial charge < -0.3 is 9.47 Å². The third-order valence-electron chi connectivity index (χ3n) is 3.01. The molecule has 0 radical (unpaired) electrons. The van der Waals surface area contributed by atoms with Crippen molar-refractivity contribution in [3.05, 3.63) is 29.8 Å². The van der Waals surface area contributed by atoms with Gasteiger partial charge in [0.2, 0.25) is 6.79 Å². The third-order valence-corrected chi connectivity index (χ3v) is 3.01. The summed E-state index contributed by atoms with van der Waals surface area (Å²) in [6, 6.07) is 6.84. The van der Waals surface area contributed by atoms with Crippen LogP contribution < -0.4 is 4.74 Å². The second kappa shape index (κ2) is 8.89. The molecule has 0 spiro atoms. The van der Waals surface area contributed by atoms with Gasteiger partial charge in [0.1, 0.15) is 11.4 Å². The molecule has 1 aromatic carbocycles. The third kappa shape index (κ3) is 8.57. The number of benzene rings is 1. The number of hydroxylamine groups is 2. The average Bonchev–Trinajstić information content (AvgIpc) is 2.44. The summed E-state index contributed by atoms with van der Waals surface area (Å²) in [5.41, 5.74) is 0.00274. The first kappa shape index (κ1) is 19.5. The number of nitrogens with zero attached hydrogens (tertiary/aromatic N) is 1. The molecule has 0 saturated carbocycles. The van der Waals surface area contributed by atoms with E-state index in [1.54, 1.807) is 29.3 Å². The zero-order valence-electron chi connectivity index (χ0n) is 15.1. The maximum atomic E-state index is 11.9. The Balaban J connectivity index is 2.38. The minimum atomic E-state index is -0.499. The quantitative estimate of drug-likeness (QED) is 0.413. The van der Waals surface area contributed by atoms with Crippen molar-refractivity contribution < 1.29 is 19.1 Å². The van der Waals surface area contributed by atoms with E-state index in [2.05, 4.69) is 13.8 Å². The molecule has 130 valence electrons. The zero-order chi connectivity index (χ0) is 17.5. The second-order valence-corrected chi connectivity index (χ2v) is 6.95. The molecule has 0 unspecified atom stereocenters. The fourth-order valence-corrected chi connectivity index (χ4v) is 1.71. The van der Waals surface area contributed by atoms with E-state index < -0.39 is 5.60 Å². The Labute approximate surface area is 139 Å². The van der Waals surface area contributed by atoms with Gasteiger partial charge in [-0.05, 0) is 57.4 Å². The van der Waals surface area contributed by atoms with Crippen LogP contribution in [0.15, 0.2) is 24.3 Å². The van der Waals surface area contributed by atoms with Gasteiger partial charge >= 0.3 is 5.97 Å². The fourth-order valence-electron chi connectivity index (χ4n) is 1.71. The van der Waals surface area contributed by atoms with Crippen LogP contribution in [0, 0.1) is 5.92 Å². The highest BCUT2D eigenvalue weighted by Crippen LogP contribution is 2.16. The Morgan fingerprint density at radius 3 is 2.30 bits per heavy atom. The first-order valence-electron chi connectivity index (χ1n) is 7.97. The molecule has 0 bridgehead atoms. The van der Waals surface area contributed by atoms with Gasteiger partial charge in [-0.25, -0.2) is 4.79 Å². The van der Waals surface area contributed by atoms with E-state index in [-0.39, 0.29) is 12.8 Å². The van der Waals surface area contributed by atoms with Crippen LogP contribution in [0.25, 0.3) is 0 Å². The van der Waals surface area contributed by atoms with Crippen LogP contribution in [0.2, 0.25) is 0 Å². The molecule has 0 fully saturated rings. The first-order valence-corrected chi connectivity index (χ1v) is 7.97. The standard InChI is InChI=1S/C18H29NO4/c1-14(2)11-12-19(6)22-13-21-16-9-7-15(8-10-16)17(20)23-18(3,4)5/h7-10,14H,11-13H2,1-6H3. The highest BCUT2D eigenvalue weighted by molar-refractivity contribution is 5.89. The summed E-state index contributed by atoms with van der Waals surface area (Å²) in [6.45, 7) is 10.9. The molecule has 0 aliphatic carbocycles. The summed E-state index contributed by atoms with van der Waals surface area (Å²) in [5.74, 6) is 0.950. The molecule has 5 nitrogen and oxygen atoms in total. The van der Waals surface area contributed by atoms with Crippen molar-refractivity contribution in [3.63, 3.8) is 0 Å². The van der Waals surface area contributed by atoms with Crippen molar-refractivity contribution in [2.75, 3.05) is 20.4 Å². The van der Waals surface area contributed by atoms with E-state index in [0.29, 0.717) is 17.2 Å². The minimum absolute atomic E-state index is 0.139. The maximum absolute atomic E-state index is 11.9. The molecular weight excluding hydrogens is 294 g/mol. The van der Waals surface area contributed by atoms with Gasteiger partial charge in [-0.1, -0.05) is 13.8 Å². The maximum Gasteiger partial charge on any atom is 0.338 e. The van der Waals surface area contributed by atoms with Gasteiger partial charge in [-0.15, -0.1) is 0 Å². The lowest BCUT2D eigenvalue weighted by atomic mass is 10.1. The molecule has 0 atom stereocenters. The van der Waals surface area contributed by atoms with E-state index in [0.717, 1.165) is 13.0 Å². The van der Waals surface area contributed by atoms with Crippen molar-refractivity contribution in [1.82, 2.24) is 5.06 Å². The van der Waals surface area contributed by atoms with E-state index in [4.69, 9.17) is 14.3 Å². The molecule has 0 N–H and O–H groups in total. The summed E-state index contributed by atoms with van der Waals surface area (Å²) in [5, 5.41) is 1.77. The smallest absolute Gasteiger partial charge is 0.338 e. The molecule has 0 aromatic heterocycles. The molecular formula is C18H29NO4. The number of carbonyl (C=O) groups is 1. The molecule has 1 aromatic rings. The topological polar surface area (TPSA) is 48.0 Å². The Hall–Kier alpha value is -1.59. The molecule has 0 aliphatic heterocycles. The molecule has 0 heterocycles. The van der Waals surface area contributed by atoms with Gasteiger partial charge in [-0.2, -0.15) is 5.06 Å². The molecule has 1 rings (SSSR count). The zero-order valence-corrected chi connectivity index (χ0v) is 15.1. The van der Waals surface area contributed by atoms with Crippen LogP contribution in [-0.4, -0.2) is 37.0 Å². The lowest BCUT2D eigenvalue weighted by Crippen LogP contribution is -2.24. The summed E-state index contributed by atoms with van der Waals surface area (Å²) in [4.78, 5) is 17.4. The van der Waals surface area contributed by atoms with Crippen molar-refractivity contribution in [2.24, 2.45) is 5.92 Å². The predicted molar refractivity (Wildman–Crippen MR) is 90.3 cm³/mol. The van der Waals surface area contributed by atoms with Crippen molar-refractivity contribution in [2.45, 2.75) is 46.6 Å². The lowest BCUT2D eigenvalue weighted by Gasteiger charge is -2.19. The van der Waals surface area contributed by atoms with Crippen LogP contribution >= 0.6 is 0 Å². The fraction of sp³-hybridized carbons (Fsp3) is 0.611. The first-order chi connectivity index (χ1) is 10.7. The minimum Gasteiger partial charge on any atom is -0.466 e. The summed E-state index contributed by atoms with van der Waals surface area (Å²) in [6.07, 6.45) is 1.07. The largest absolute Gasteiger partial charge is 0.466 e. The number of hydrogen-bond donors (Lipinski definition) is 0. The summed E-state index contributed by atoms with van der Waals surface area (Å²) < 4.78 is 10.8. The SMILES string of the molecule is CC(C)CCN(C)OCOc1ccc(C(=O)OC(C)(C)C)cc1. The highest BCUT2D eigenvalue weighted by Gasteiger charge is 2.17. The van der Waals surface area contributed by atoms with Crippen LogP contribution in [0.3, 0.4) is 0 Å². The Bertz CT molecular complexity index is 477. The Morgan fingerprint density at radius 2 is 1.78 bits per heavy atom. The van der Waals surface area contributed by atoms with Gasteiger partial charge in [0.25, 0.3) is 0 Å². The van der Waals surface area contributed by atoms with Crippen molar-refractivity contribution in [3.8, 4) is 5.75 Å². The van der Waals surface area contributed by atoms with Gasteiger partial charge in [0.05, 0.1) is 5.56 Å². The van der Waals surface area contributed by atoms with Crippen LogP contribution in [0.1, 0.15) is 51.4 Å². The van der Waals surface area contributed by atoms with Gasteiger partial charge in [0, 0.05) is 13.6 Å². The molecule has 0 saturated heterocycles. The summed E-state index contributed by atoms with van der Waals surface area (Å²) in [7, 11) is 1.89. The van der Waals surface area contributed by atoms with Crippen molar-refractivity contribution >= 4 is 5.97 Å². The number of esters is 1. The van der Waals surface area contributed by atoms with Crippen LogP contribution in [0.4, 0.5) is 0 Å². The van der Waals surface area contributed by atoms with E-state index in [9.17, 15) is 4.79 Å². The predicted octanol–water partition coefficient (Wildman–Crippen LogP) is 3.89. The Kier molecular flexibility index (Phi) is 7.52. The monoisotopic (exact) mass is 323 g/mol. The number of ether oxygens (including phenoxy) is 2. The Morgan fingerprint density at radius 1 is 1.17 bits per heavy atom.